The highest BCUT2D eigenvalue weighted by atomic mass is 16.9. The first-order chi connectivity index (χ1) is 9.51. The van der Waals surface area contributed by atoms with Crippen molar-refractivity contribution in [2.45, 2.75) is 65.3 Å². The molecule has 1 heterocycles. The number of rotatable bonds is 6. The summed E-state index contributed by atoms with van der Waals surface area (Å²) in [7, 11) is 0. The Kier molecular flexibility index (Phi) is 7.04. The topological polar surface area (TPSA) is 78.9 Å². The monoisotopic (exact) mass is 286 g/mol. The van der Waals surface area contributed by atoms with Gasteiger partial charge in [-0.05, 0) is 12.3 Å². The van der Waals surface area contributed by atoms with Gasteiger partial charge < -0.3 is 14.2 Å². The molecule has 20 heavy (non-hydrogen) atoms. The Hall–Kier alpha value is -1.59. The Bertz CT molecular complexity index is 332. The molecule has 114 valence electrons. The molecule has 1 rings (SSSR count). The fraction of sp³-hybridized carbons (Fsp3) is 0.786. The van der Waals surface area contributed by atoms with Crippen LogP contribution in [0.4, 0.5) is 0 Å². The van der Waals surface area contributed by atoms with Crippen LogP contribution in [0.15, 0.2) is 0 Å². The number of unbranched alkanes of at least 4 members (excludes halogenated alkanes) is 3. The van der Waals surface area contributed by atoms with Crippen LogP contribution in [0.2, 0.25) is 0 Å². The Morgan fingerprint density at radius 3 is 2.25 bits per heavy atom. The van der Waals surface area contributed by atoms with Crippen LogP contribution in [0.3, 0.4) is 0 Å². The maximum atomic E-state index is 11.6. The summed E-state index contributed by atoms with van der Waals surface area (Å²) in [6.07, 6.45) is 5.45. The molecule has 0 aromatic rings. The van der Waals surface area contributed by atoms with E-state index in [0.717, 1.165) is 39.0 Å². The molecule has 0 aromatic heterocycles. The van der Waals surface area contributed by atoms with Crippen LogP contribution in [0, 0.1) is 5.92 Å². The largest absolute Gasteiger partial charge is 0.412 e. The number of carbonyl (C=O) groups is 3. The second-order valence-corrected chi connectivity index (χ2v) is 5.00. The van der Waals surface area contributed by atoms with E-state index in [-0.39, 0.29) is 18.8 Å². The number of cyclic esters (lactones) is 2. The maximum absolute atomic E-state index is 11.6. The van der Waals surface area contributed by atoms with Crippen LogP contribution in [-0.4, -0.2) is 24.4 Å². The first-order valence-electron chi connectivity index (χ1n) is 7.07. The van der Waals surface area contributed by atoms with Crippen molar-refractivity contribution in [1.82, 2.24) is 0 Å². The Labute approximate surface area is 118 Å². The molecule has 6 heteroatoms. The van der Waals surface area contributed by atoms with E-state index < -0.39 is 24.4 Å². The molecule has 0 spiro atoms. The molecule has 0 radical (unpaired) electrons. The van der Waals surface area contributed by atoms with Gasteiger partial charge in [0.15, 0.2) is 0 Å². The van der Waals surface area contributed by atoms with Gasteiger partial charge in [-0.25, -0.2) is 0 Å². The Morgan fingerprint density at radius 1 is 1.15 bits per heavy atom. The smallest absolute Gasteiger partial charge is 0.391 e. The lowest BCUT2D eigenvalue weighted by atomic mass is 9.94. The van der Waals surface area contributed by atoms with Gasteiger partial charge in [0.05, 0.1) is 0 Å². The van der Waals surface area contributed by atoms with Crippen molar-refractivity contribution >= 4 is 17.9 Å². The second-order valence-electron chi connectivity index (χ2n) is 5.00. The lowest BCUT2D eigenvalue weighted by Crippen LogP contribution is -2.33. The highest BCUT2D eigenvalue weighted by Gasteiger charge is 2.29. The highest BCUT2D eigenvalue weighted by Crippen LogP contribution is 2.22. The van der Waals surface area contributed by atoms with Gasteiger partial charge in [0.1, 0.15) is 0 Å². The predicted octanol–water partition coefficient (Wildman–Crippen LogP) is 2.30. The summed E-state index contributed by atoms with van der Waals surface area (Å²) in [6.45, 7) is 1.73. The van der Waals surface area contributed by atoms with Crippen molar-refractivity contribution in [3.05, 3.63) is 0 Å². The zero-order chi connectivity index (χ0) is 15.0. The summed E-state index contributed by atoms with van der Waals surface area (Å²) >= 11 is 0. The maximum Gasteiger partial charge on any atom is 0.412 e. The third-order valence-electron chi connectivity index (χ3n) is 3.09. The Balaban J connectivity index is 2.46. The highest BCUT2D eigenvalue weighted by molar-refractivity contribution is 5.75. The number of ether oxygens (including phenoxy) is 3. The van der Waals surface area contributed by atoms with Gasteiger partial charge in [-0.3, -0.25) is 14.4 Å². The van der Waals surface area contributed by atoms with E-state index in [1.165, 1.54) is 0 Å². The summed E-state index contributed by atoms with van der Waals surface area (Å²) in [6, 6.07) is 0. The van der Waals surface area contributed by atoms with E-state index in [4.69, 9.17) is 9.47 Å². The normalized spacial score (nSPS) is 23.3. The van der Waals surface area contributed by atoms with E-state index >= 15 is 0 Å². The lowest BCUT2D eigenvalue weighted by Gasteiger charge is -2.23. The van der Waals surface area contributed by atoms with Gasteiger partial charge in [-0.1, -0.05) is 32.6 Å². The first-order valence-corrected chi connectivity index (χ1v) is 7.07. The average Bonchev–Trinajstić information content (AvgIpc) is 2.31. The molecular formula is C14H22O6. The molecule has 0 aromatic carbocycles. The van der Waals surface area contributed by atoms with Gasteiger partial charge in [0, 0.05) is 19.8 Å². The molecule has 1 aliphatic rings. The summed E-state index contributed by atoms with van der Waals surface area (Å²) in [5.74, 6) is -1.76. The van der Waals surface area contributed by atoms with Crippen molar-refractivity contribution in [3.63, 3.8) is 0 Å². The SMILES string of the molecule is CCCCCCC1CC(=O)OC(OC(C)=O)OC(=O)C1. The number of hydrogen-bond acceptors (Lipinski definition) is 6. The Morgan fingerprint density at radius 2 is 1.75 bits per heavy atom. The van der Waals surface area contributed by atoms with Crippen LogP contribution in [0.5, 0.6) is 0 Å². The van der Waals surface area contributed by atoms with E-state index in [0.29, 0.717) is 0 Å². The van der Waals surface area contributed by atoms with Crippen molar-refractivity contribution in [1.29, 1.82) is 0 Å². The zero-order valence-corrected chi connectivity index (χ0v) is 12.1. The van der Waals surface area contributed by atoms with Gasteiger partial charge in [0.2, 0.25) is 0 Å². The van der Waals surface area contributed by atoms with Gasteiger partial charge >= 0.3 is 24.4 Å². The minimum absolute atomic E-state index is 0.0647. The third kappa shape index (κ3) is 6.54. The van der Waals surface area contributed by atoms with Crippen LogP contribution in [-0.2, 0) is 28.6 Å². The van der Waals surface area contributed by atoms with E-state index in [1.807, 2.05) is 0 Å². The van der Waals surface area contributed by atoms with E-state index in [2.05, 4.69) is 11.7 Å². The zero-order valence-electron chi connectivity index (χ0n) is 12.1. The third-order valence-corrected chi connectivity index (χ3v) is 3.09. The molecule has 0 bridgehead atoms. The van der Waals surface area contributed by atoms with E-state index in [9.17, 15) is 14.4 Å². The molecule has 1 fully saturated rings. The molecular weight excluding hydrogens is 264 g/mol. The lowest BCUT2D eigenvalue weighted by molar-refractivity contribution is -0.260. The number of esters is 3. The van der Waals surface area contributed by atoms with Crippen LogP contribution in [0.25, 0.3) is 0 Å². The number of carbonyl (C=O) groups excluding carboxylic acids is 3. The second kappa shape index (κ2) is 8.55. The van der Waals surface area contributed by atoms with Gasteiger partial charge in [-0.15, -0.1) is 0 Å². The fourth-order valence-electron chi connectivity index (χ4n) is 2.13. The molecule has 0 atom stereocenters. The van der Waals surface area contributed by atoms with Crippen LogP contribution in [0.1, 0.15) is 58.8 Å². The molecule has 0 unspecified atom stereocenters. The molecule has 1 aliphatic heterocycles. The van der Waals surface area contributed by atoms with Crippen molar-refractivity contribution in [2.24, 2.45) is 5.92 Å². The van der Waals surface area contributed by atoms with Crippen molar-refractivity contribution in [2.75, 3.05) is 0 Å². The minimum atomic E-state index is -1.55. The van der Waals surface area contributed by atoms with Gasteiger partial charge in [-0.2, -0.15) is 0 Å². The predicted molar refractivity (Wildman–Crippen MR) is 69.2 cm³/mol. The number of hydrogen-bond donors (Lipinski definition) is 0. The van der Waals surface area contributed by atoms with Crippen molar-refractivity contribution in [3.8, 4) is 0 Å². The standard InChI is InChI=1S/C14H22O6/c1-3-4-5-6-7-11-8-12(16)19-14(18-10(2)15)20-13(17)9-11/h11,14H,3-9H2,1-2H3. The van der Waals surface area contributed by atoms with E-state index in [1.54, 1.807) is 0 Å². The molecule has 0 saturated carbocycles. The molecule has 0 N–H and O–H groups in total. The molecule has 0 aliphatic carbocycles. The molecule has 1 saturated heterocycles. The van der Waals surface area contributed by atoms with Gasteiger partial charge in [0.25, 0.3) is 0 Å². The summed E-state index contributed by atoms with van der Waals surface area (Å²) in [5.41, 5.74) is 0. The van der Waals surface area contributed by atoms with Crippen molar-refractivity contribution < 1.29 is 28.6 Å². The summed E-state index contributed by atoms with van der Waals surface area (Å²) in [4.78, 5) is 34.0. The molecule has 0 amide bonds. The summed E-state index contributed by atoms with van der Waals surface area (Å²) in [5, 5.41) is 0. The quantitative estimate of drug-likeness (QED) is 0.550. The van der Waals surface area contributed by atoms with Crippen LogP contribution < -0.4 is 0 Å². The van der Waals surface area contributed by atoms with Crippen LogP contribution >= 0.6 is 0 Å². The fourth-order valence-corrected chi connectivity index (χ4v) is 2.13. The summed E-state index contributed by atoms with van der Waals surface area (Å²) < 4.78 is 14.2. The first kappa shape index (κ1) is 16.5. The molecule has 6 nitrogen and oxygen atoms in total. The minimum Gasteiger partial charge on any atom is -0.391 e. The average molecular weight is 286 g/mol.